The van der Waals surface area contributed by atoms with E-state index in [1.807, 2.05) is 97.1 Å². The smallest absolute Gasteiger partial charge is 0.204 e. The summed E-state index contributed by atoms with van der Waals surface area (Å²) in [6, 6.07) is 50.0. The molecule has 0 saturated heterocycles. The Bertz CT molecular complexity index is 3310. The van der Waals surface area contributed by atoms with Crippen LogP contribution in [-0.2, 0) is 30.8 Å². The molecule has 0 fully saturated rings. The number of phenolic OH excluding ortho intramolecular Hbond substituents is 2. The minimum atomic E-state index is -0.874. The lowest BCUT2D eigenvalue weighted by atomic mass is 9.83. The Balaban J connectivity index is 0.854. The van der Waals surface area contributed by atoms with E-state index < -0.39 is 23.5 Å². The normalized spacial score (nSPS) is 12.1. The molecule has 368 valence electrons. The summed E-state index contributed by atoms with van der Waals surface area (Å²) >= 11 is 0. The minimum Gasteiger partial charge on any atom is -0.507 e. The van der Waals surface area contributed by atoms with Crippen LogP contribution in [-0.4, -0.2) is 57.2 Å². The molecule has 2 aromatic heterocycles. The molecule has 0 spiro atoms. The molecule has 2 unspecified atom stereocenters. The van der Waals surface area contributed by atoms with Crippen molar-refractivity contribution in [3.05, 3.63) is 226 Å². The number of hydrogen-bond acceptors (Lipinski definition) is 11. The quantitative estimate of drug-likeness (QED) is 0.0641. The Labute approximate surface area is 424 Å². The van der Waals surface area contributed by atoms with E-state index in [1.54, 1.807) is 62.4 Å². The van der Waals surface area contributed by atoms with E-state index in [1.165, 1.54) is 24.3 Å². The Kier molecular flexibility index (Phi) is 14.1. The maximum Gasteiger partial charge on any atom is 0.204 e. The second-order valence-corrected chi connectivity index (χ2v) is 18.0. The summed E-state index contributed by atoms with van der Waals surface area (Å²) in [5, 5.41) is 52.7. The van der Waals surface area contributed by atoms with E-state index in [2.05, 4.69) is 41.2 Å². The molecule has 2 atom stereocenters. The summed E-state index contributed by atoms with van der Waals surface area (Å²) in [4.78, 5) is 14.5. The molecule has 0 aliphatic carbocycles. The molecule has 0 saturated carbocycles. The van der Waals surface area contributed by atoms with Gasteiger partial charge in [0.15, 0.2) is 0 Å². The lowest BCUT2D eigenvalue weighted by molar-refractivity contribution is -0.121. The van der Waals surface area contributed by atoms with Gasteiger partial charge in [-0.1, -0.05) is 135 Å². The molecule has 8 aromatic carbocycles. The molecule has 13 nitrogen and oxygen atoms in total. The van der Waals surface area contributed by atoms with Crippen LogP contribution in [0.5, 0.6) is 23.0 Å². The number of hydrogen-bond donors (Lipinski definition) is 4. The van der Waals surface area contributed by atoms with Crippen LogP contribution in [0.4, 0.5) is 8.78 Å². The first-order valence-electron chi connectivity index (χ1n) is 23.9. The Morgan fingerprint density at radius 2 is 0.878 bits per heavy atom. The molecule has 74 heavy (non-hydrogen) atoms. The molecule has 0 aliphatic rings. The SMILES string of the molecule is CC(C(=O)C(C)c1ccc(OCc2ccc(Cc3cccc(-c4nn[nH]n4)c3)cc2)c(-c2ccc(F)cc2)c1O)c1ccc(OCc2ccc(Cc3cccc(-c4nn[nH]n4)c3)cc2)c(-c2ccc(F)cc2)c1O. The van der Waals surface area contributed by atoms with Gasteiger partial charge in [0.2, 0.25) is 11.6 Å². The van der Waals surface area contributed by atoms with Crippen molar-refractivity contribution >= 4 is 5.78 Å². The number of ether oxygens (including phenoxy) is 2. The van der Waals surface area contributed by atoms with Crippen LogP contribution in [0.25, 0.3) is 45.0 Å². The lowest BCUT2D eigenvalue weighted by Gasteiger charge is -2.23. The van der Waals surface area contributed by atoms with Crippen LogP contribution in [0.2, 0.25) is 0 Å². The van der Waals surface area contributed by atoms with Crippen molar-refractivity contribution in [1.29, 1.82) is 0 Å². The summed E-state index contributed by atoms with van der Waals surface area (Å²) in [5.74, 6) is -1.61. The number of nitrogens with zero attached hydrogens (tertiary/aromatic N) is 6. The number of carbonyl (C=O) groups is 1. The number of carbonyl (C=O) groups excluding carboxylic acids is 1. The van der Waals surface area contributed by atoms with E-state index in [9.17, 15) is 23.8 Å². The number of nitrogens with one attached hydrogen (secondary N) is 2. The van der Waals surface area contributed by atoms with E-state index in [4.69, 9.17) is 9.47 Å². The first kappa shape index (κ1) is 48.3. The van der Waals surface area contributed by atoms with Crippen molar-refractivity contribution in [2.24, 2.45) is 0 Å². The lowest BCUT2D eigenvalue weighted by Crippen LogP contribution is -2.17. The zero-order valence-corrected chi connectivity index (χ0v) is 40.2. The van der Waals surface area contributed by atoms with Gasteiger partial charge in [-0.2, -0.15) is 10.4 Å². The fourth-order valence-corrected chi connectivity index (χ4v) is 9.10. The average Bonchev–Trinajstić information content (AvgIpc) is 4.18. The highest BCUT2D eigenvalue weighted by Gasteiger charge is 2.30. The molecule has 10 rings (SSSR count). The van der Waals surface area contributed by atoms with Gasteiger partial charge in [0, 0.05) is 34.1 Å². The third-order valence-corrected chi connectivity index (χ3v) is 13.1. The summed E-state index contributed by atoms with van der Waals surface area (Å²) < 4.78 is 41.2. The third-order valence-electron chi connectivity index (χ3n) is 13.1. The van der Waals surface area contributed by atoms with Crippen LogP contribution >= 0.6 is 0 Å². The predicted molar refractivity (Wildman–Crippen MR) is 275 cm³/mol. The van der Waals surface area contributed by atoms with E-state index in [-0.39, 0.29) is 30.5 Å². The molecule has 2 heterocycles. The van der Waals surface area contributed by atoms with Crippen molar-refractivity contribution in [2.75, 3.05) is 0 Å². The summed E-state index contributed by atoms with van der Waals surface area (Å²) in [7, 11) is 0. The van der Waals surface area contributed by atoms with Gasteiger partial charge in [-0.05, 0) is 116 Å². The van der Waals surface area contributed by atoms with Crippen molar-refractivity contribution in [3.8, 4) is 68.0 Å². The van der Waals surface area contributed by atoms with Gasteiger partial charge in [-0.15, -0.1) is 20.4 Å². The van der Waals surface area contributed by atoms with Gasteiger partial charge in [0.25, 0.3) is 0 Å². The van der Waals surface area contributed by atoms with Gasteiger partial charge >= 0.3 is 0 Å². The number of ketones is 1. The molecule has 0 amide bonds. The molecule has 0 radical (unpaired) electrons. The van der Waals surface area contributed by atoms with E-state index >= 15 is 0 Å². The highest BCUT2D eigenvalue weighted by molar-refractivity contribution is 5.94. The van der Waals surface area contributed by atoms with Crippen molar-refractivity contribution in [2.45, 2.75) is 51.7 Å². The zero-order chi connectivity index (χ0) is 51.1. The fourth-order valence-electron chi connectivity index (χ4n) is 9.10. The number of rotatable bonds is 18. The molecule has 4 N–H and O–H groups in total. The first-order chi connectivity index (χ1) is 36.0. The fraction of sp³-hybridized carbons (Fsp3) is 0.136. The third kappa shape index (κ3) is 10.8. The van der Waals surface area contributed by atoms with Gasteiger partial charge in [0.05, 0.1) is 11.1 Å². The zero-order valence-electron chi connectivity index (χ0n) is 40.2. The number of H-pyrrole nitrogens is 2. The predicted octanol–water partition coefficient (Wildman–Crippen LogP) is 11.9. The number of aromatic amines is 2. The van der Waals surface area contributed by atoms with Crippen molar-refractivity contribution in [1.82, 2.24) is 41.2 Å². The number of halogens is 2. The largest absolute Gasteiger partial charge is 0.507 e. The van der Waals surface area contributed by atoms with Crippen LogP contribution < -0.4 is 9.47 Å². The second kappa shape index (κ2) is 21.5. The van der Waals surface area contributed by atoms with Gasteiger partial charge in [0.1, 0.15) is 53.6 Å². The summed E-state index contributed by atoms with van der Waals surface area (Å²) in [5.41, 5.74) is 10.0. The molecule has 10 aromatic rings. The summed E-state index contributed by atoms with van der Waals surface area (Å²) in [6.07, 6.45) is 1.36. The van der Waals surface area contributed by atoms with Crippen molar-refractivity contribution < 1.29 is 33.3 Å². The van der Waals surface area contributed by atoms with Crippen LogP contribution in [0.1, 0.15) is 70.2 Å². The van der Waals surface area contributed by atoms with Crippen LogP contribution in [0.3, 0.4) is 0 Å². The van der Waals surface area contributed by atoms with Gasteiger partial charge < -0.3 is 19.7 Å². The maximum atomic E-state index is 14.5. The molecule has 0 aliphatic heterocycles. The number of phenols is 2. The second-order valence-electron chi connectivity index (χ2n) is 18.0. The van der Waals surface area contributed by atoms with Crippen LogP contribution in [0.15, 0.2) is 170 Å². The Hall–Kier alpha value is -9.37. The Morgan fingerprint density at radius 1 is 0.486 bits per heavy atom. The maximum absolute atomic E-state index is 14.5. The van der Waals surface area contributed by atoms with Crippen molar-refractivity contribution in [3.63, 3.8) is 0 Å². The molecular formula is C59H48F2N8O5. The van der Waals surface area contributed by atoms with Crippen LogP contribution in [0, 0.1) is 11.6 Å². The highest BCUT2D eigenvalue weighted by Crippen LogP contribution is 2.47. The number of Topliss-reactive ketones (excluding diaryl/α,β-unsaturated/α-hetero) is 1. The average molecular weight is 987 g/mol. The van der Waals surface area contributed by atoms with E-state index in [0.717, 1.165) is 44.5 Å². The topological polar surface area (TPSA) is 185 Å². The standard InChI is InChI=1S/C59H48F2N8O5/c1-35(49-25-27-51(53(56(49)71)43-17-21-47(60)22-18-43)73-33-39-13-9-37(10-14-39)29-41-5-3-7-45(31-41)58-62-66-67-63-58)55(70)36(2)50-26-28-52(54(57(50)72)44-19-23-48(61)24-20-44)74-34-40-15-11-38(12-16-40)30-42-6-4-8-46(32-42)59-64-68-69-65-59/h3-28,31-32,35-36,71-72H,29-30,33-34H2,1-2H3,(H,62,63,66,67)(H,64,65,68,69). The monoisotopic (exact) mass is 986 g/mol. The summed E-state index contributed by atoms with van der Waals surface area (Å²) in [6.45, 7) is 3.71. The number of aromatic hydroxyl groups is 2. The highest BCUT2D eigenvalue weighted by atomic mass is 19.1. The molecule has 15 heteroatoms. The Morgan fingerprint density at radius 3 is 1.26 bits per heavy atom. The van der Waals surface area contributed by atoms with Gasteiger partial charge in [-0.25, -0.2) is 8.78 Å². The number of tetrazole rings is 2. The number of benzene rings is 8. The number of aromatic nitrogens is 8. The van der Waals surface area contributed by atoms with E-state index in [0.29, 0.717) is 69.4 Å². The molecule has 0 bridgehead atoms. The first-order valence-corrected chi connectivity index (χ1v) is 23.9. The molecular weight excluding hydrogens is 939 g/mol. The van der Waals surface area contributed by atoms with Gasteiger partial charge in [-0.3, -0.25) is 4.79 Å². The minimum absolute atomic E-state index is 0.161.